The largest absolute Gasteiger partial charge is 0.414 e. The first-order valence-electron chi connectivity index (χ1n) is 2.77. The lowest BCUT2D eigenvalue weighted by atomic mass is 10.8. The summed E-state index contributed by atoms with van der Waals surface area (Å²) in [5.41, 5.74) is 0. The van der Waals surface area contributed by atoms with Crippen molar-refractivity contribution in [1.82, 2.24) is 0 Å². The Kier molecular flexibility index (Phi) is 17.8. The third-order valence-electron chi connectivity index (χ3n) is 0.247. The summed E-state index contributed by atoms with van der Waals surface area (Å²) in [7, 11) is 0. The monoisotopic (exact) mass is 288 g/mol. The zero-order chi connectivity index (χ0) is 10.8. The third kappa shape index (κ3) is 22.4. The Morgan fingerprint density at radius 3 is 1.50 bits per heavy atom. The Morgan fingerprint density at radius 2 is 1.50 bits per heavy atom. The summed E-state index contributed by atoms with van der Waals surface area (Å²) in [4.78, 5) is 0. The molecule has 0 aromatic carbocycles. The van der Waals surface area contributed by atoms with Crippen LogP contribution in [0.5, 0.6) is 0 Å². The lowest BCUT2D eigenvalue weighted by Gasteiger charge is -2.03. The first-order valence-corrected chi connectivity index (χ1v) is 4.65. The van der Waals surface area contributed by atoms with Gasteiger partial charge in [-0.25, -0.2) is 0 Å². The molecule has 0 aliphatic heterocycles. The predicted octanol–water partition coefficient (Wildman–Crippen LogP) is 4.56. The number of rotatable bonds is 0. The van der Waals surface area contributed by atoms with Gasteiger partial charge in [0.2, 0.25) is 0 Å². The van der Waals surface area contributed by atoms with Gasteiger partial charge in [0.15, 0.2) is 4.29 Å². The highest BCUT2D eigenvalue weighted by Gasteiger charge is 2.35. The van der Waals surface area contributed by atoms with Crippen LogP contribution in [0.1, 0.15) is 6.92 Å². The first kappa shape index (κ1) is 18.4. The van der Waals surface area contributed by atoms with Crippen molar-refractivity contribution in [2.24, 2.45) is 0 Å². The molecule has 0 radical (unpaired) electrons. The van der Waals surface area contributed by atoms with Crippen LogP contribution in [0.25, 0.3) is 0 Å². The molecule has 6 heteroatoms. The fourth-order valence-electron chi connectivity index (χ4n) is 0. The Morgan fingerprint density at radius 1 is 1.42 bits per heavy atom. The summed E-state index contributed by atoms with van der Waals surface area (Å²) in [5, 5.41) is 0. The van der Waals surface area contributed by atoms with Crippen molar-refractivity contribution in [2.45, 2.75) is 17.4 Å². The molecular weight excluding hydrogens is 280 g/mol. The van der Waals surface area contributed by atoms with Gasteiger partial charge in [-0.05, 0) is 0 Å². The molecular formula is C6H10BrCl2F3. The van der Waals surface area contributed by atoms with Gasteiger partial charge in [0.25, 0.3) is 0 Å². The van der Waals surface area contributed by atoms with Gasteiger partial charge in [0.1, 0.15) is 0 Å². The second kappa shape index (κ2) is 11.6. The van der Waals surface area contributed by atoms with Crippen LogP contribution in [-0.4, -0.2) is 16.3 Å². The summed E-state index contributed by atoms with van der Waals surface area (Å²) < 4.78 is 31.1. The highest BCUT2D eigenvalue weighted by Crippen LogP contribution is 2.28. The smallest absolute Gasteiger partial charge is 0.168 e. The van der Waals surface area contributed by atoms with E-state index >= 15 is 0 Å². The second-order valence-corrected chi connectivity index (χ2v) is 3.52. The normalized spacial score (nSPS) is 11.6. The van der Waals surface area contributed by atoms with E-state index in [4.69, 9.17) is 11.6 Å². The molecule has 0 saturated heterocycles. The molecule has 12 heavy (non-hydrogen) atoms. The summed E-state index contributed by atoms with van der Waals surface area (Å²) in [6.45, 7) is 7.89. The van der Waals surface area contributed by atoms with Crippen molar-refractivity contribution < 1.29 is 13.2 Å². The summed E-state index contributed by atoms with van der Waals surface area (Å²) in [6.07, 6.45) is -4.32. The lowest BCUT2D eigenvalue weighted by molar-refractivity contribution is -0.112. The molecule has 76 valence electrons. The number of hydrogen-bond acceptors (Lipinski definition) is 0. The van der Waals surface area contributed by atoms with Crippen molar-refractivity contribution in [2.75, 3.05) is 5.88 Å². The lowest BCUT2D eigenvalue weighted by Crippen LogP contribution is -2.16. The van der Waals surface area contributed by atoms with Crippen molar-refractivity contribution in [3.63, 3.8) is 0 Å². The molecule has 0 amide bonds. The Balaban J connectivity index is -0.000000137. The van der Waals surface area contributed by atoms with Gasteiger partial charge in [-0.2, -0.15) is 13.2 Å². The molecule has 0 nitrogen and oxygen atoms in total. The fourth-order valence-corrected chi connectivity index (χ4v) is 0. The van der Waals surface area contributed by atoms with E-state index in [0.29, 0.717) is 0 Å². The minimum atomic E-state index is -4.32. The van der Waals surface area contributed by atoms with E-state index in [1.165, 1.54) is 0 Å². The van der Waals surface area contributed by atoms with Crippen molar-refractivity contribution in [1.29, 1.82) is 0 Å². The van der Waals surface area contributed by atoms with E-state index in [1.54, 1.807) is 0 Å². The first-order chi connectivity index (χ1) is 5.36. The molecule has 0 saturated carbocycles. The average Bonchev–Trinajstić information content (AvgIpc) is 1.91. The standard InChI is InChI=1S/C2HBrClF3.C2H5Cl.C2H4/c3-1(4)2(5,6)7;1-2-3;1-2/h1H;2H2,1H3;1-2H2. The summed E-state index contributed by atoms with van der Waals surface area (Å²) in [6, 6.07) is 0. The number of halogens is 6. The van der Waals surface area contributed by atoms with Crippen LogP contribution in [0.4, 0.5) is 13.2 Å². The van der Waals surface area contributed by atoms with E-state index in [0.717, 1.165) is 5.88 Å². The average molecular weight is 290 g/mol. The van der Waals surface area contributed by atoms with E-state index in [9.17, 15) is 13.2 Å². The minimum absolute atomic E-state index is 0.722. The summed E-state index contributed by atoms with van der Waals surface area (Å²) >= 11 is 11.7. The molecule has 0 aromatic heterocycles. The fraction of sp³-hybridized carbons (Fsp3) is 0.667. The quantitative estimate of drug-likeness (QED) is 0.453. The van der Waals surface area contributed by atoms with Gasteiger partial charge < -0.3 is 0 Å². The molecule has 0 spiro atoms. The molecule has 1 unspecified atom stereocenters. The maximum Gasteiger partial charge on any atom is 0.414 e. The maximum atomic E-state index is 11.0. The molecule has 0 N–H and O–H groups in total. The van der Waals surface area contributed by atoms with Gasteiger partial charge in [-0.3, -0.25) is 0 Å². The zero-order valence-corrected chi connectivity index (χ0v) is 9.56. The molecule has 0 aliphatic carbocycles. The summed E-state index contributed by atoms with van der Waals surface area (Å²) in [5.74, 6) is 0.722. The topological polar surface area (TPSA) is 0 Å². The molecule has 0 aromatic rings. The molecule has 0 fully saturated rings. The molecule has 0 bridgehead atoms. The van der Waals surface area contributed by atoms with E-state index in [-0.39, 0.29) is 0 Å². The van der Waals surface area contributed by atoms with Crippen molar-refractivity contribution in [3.05, 3.63) is 13.2 Å². The molecule has 0 rings (SSSR count). The van der Waals surface area contributed by atoms with Crippen LogP contribution in [0.3, 0.4) is 0 Å². The molecule has 0 aliphatic rings. The highest BCUT2D eigenvalue weighted by molar-refractivity contribution is 9.10. The van der Waals surface area contributed by atoms with E-state index in [1.807, 2.05) is 6.92 Å². The van der Waals surface area contributed by atoms with E-state index < -0.39 is 10.5 Å². The van der Waals surface area contributed by atoms with Crippen LogP contribution in [-0.2, 0) is 0 Å². The molecule has 0 heterocycles. The van der Waals surface area contributed by atoms with Crippen molar-refractivity contribution in [3.8, 4) is 0 Å². The Labute approximate surface area is 88.9 Å². The van der Waals surface area contributed by atoms with Gasteiger partial charge in [-0.1, -0.05) is 22.9 Å². The van der Waals surface area contributed by atoms with Crippen LogP contribution < -0.4 is 0 Å². The number of alkyl halides is 6. The SMILES string of the molecule is C=C.CCCl.FC(F)(F)C(Cl)Br. The minimum Gasteiger partial charge on any atom is -0.168 e. The van der Waals surface area contributed by atoms with Gasteiger partial charge >= 0.3 is 6.18 Å². The van der Waals surface area contributed by atoms with Crippen molar-refractivity contribution >= 4 is 39.1 Å². The van der Waals surface area contributed by atoms with Gasteiger partial charge in [0.05, 0.1) is 0 Å². The van der Waals surface area contributed by atoms with Crippen LogP contribution in [0.2, 0.25) is 0 Å². The number of hydrogen-bond donors (Lipinski definition) is 0. The highest BCUT2D eigenvalue weighted by atomic mass is 79.9. The van der Waals surface area contributed by atoms with E-state index in [2.05, 4.69) is 40.7 Å². The zero-order valence-electron chi connectivity index (χ0n) is 6.47. The third-order valence-corrected chi connectivity index (χ3v) is 1.01. The maximum absolute atomic E-state index is 11.0. The van der Waals surface area contributed by atoms with Crippen LogP contribution in [0, 0.1) is 0 Å². The molecule has 1 atom stereocenters. The van der Waals surface area contributed by atoms with Gasteiger partial charge in [0, 0.05) is 5.88 Å². The predicted molar refractivity (Wildman–Crippen MR) is 52.3 cm³/mol. The second-order valence-electron chi connectivity index (χ2n) is 1.11. The van der Waals surface area contributed by atoms with Gasteiger partial charge in [-0.15, -0.1) is 36.4 Å². The van der Waals surface area contributed by atoms with Crippen LogP contribution >= 0.6 is 39.1 Å². The van der Waals surface area contributed by atoms with Crippen LogP contribution in [0.15, 0.2) is 13.2 Å². The Hall–Kier alpha value is 0.590. The Bertz CT molecular complexity index is 85.4.